The second kappa shape index (κ2) is 5.71. The molecule has 0 fully saturated rings. The number of hydrogen-bond donors (Lipinski definition) is 0. The Morgan fingerprint density at radius 2 is 1.93 bits per heavy atom. The SMILES string of the molecule is CCc1ccnc(N(C)CCN(C)C)c1. The number of aromatic nitrogens is 1. The summed E-state index contributed by atoms with van der Waals surface area (Å²) in [5, 5.41) is 0. The van der Waals surface area contributed by atoms with Crippen LogP contribution >= 0.6 is 0 Å². The van der Waals surface area contributed by atoms with E-state index < -0.39 is 0 Å². The zero-order valence-electron chi connectivity index (χ0n) is 10.2. The molecule has 0 atom stereocenters. The van der Waals surface area contributed by atoms with Gasteiger partial charge in [0.15, 0.2) is 0 Å². The number of aryl methyl sites for hydroxylation is 1. The first kappa shape index (κ1) is 12.0. The van der Waals surface area contributed by atoms with E-state index in [1.165, 1.54) is 5.56 Å². The molecule has 0 aliphatic heterocycles. The van der Waals surface area contributed by atoms with Crippen LogP contribution < -0.4 is 4.90 Å². The second-order valence-electron chi connectivity index (χ2n) is 4.10. The van der Waals surface area contributed by atoms with Gasteiger partial charge in [0.2, 0.25) is 0 Å². The molecule has 0 spiro atoms. The van der Waals surface area contributed by atoms with Crippen LogP contribution in [0.2, 0.25) is 0 Å². The molecule has 0 amide bonds. The van der Waals surface area contributed by atoms with Gasteiger partial charge in [-0.25, -0.2) is 4.98 Å². The van der Waals surface area contributed by atoms with Crippen LogP contribution in [0.1, 0.15) is 12.5 Å². The average Bonchev–Trinajstić information content (AvgIpc) is 2.26. The van der Waals surface area contributed by atoms with E-state index in [4.69, 9.17) is 0 Å². The van der Waals surface area contributed by atoms with E-state index in [1.54, 1.807) is 0 Å². The molecule has 0 N–H and O–H groups in total. The van der Waals surface area contributed by atoms with Crippen LogP contribution in [0.3, 0.4) is 0 Å². The zero-order valence-corrected chi connectivity index (χ0v) is 10.2. The van der Waals surface area contributed by atoms with Crippen molar-refractivity contribution in [2.75, 3.05) is 39.1 Å². The van der Waals surface area contributed by atoms with Crippen molar-refractivity contribution in [1.29, 1.82) is 0 Å². The molecule has 0 saturated carbocycles. The van der Waals surface area contributed by atoms with Crippen molar-refractivity contribution in [3.8, 4) is 0 Å². The molecule has 0 saturated heterocycles. The Labute approximate surface area is 92.7 Å². The molecule has 0 aromatic carbocycles. The highest BCUT2D eigenvalue weighted by molar-refractivity contribution is 5.39. The van der Waals surface area contributed by atoms with Gasteiger partial charge in [-0.2, -0.15) is 0 Å². The van der Waals surface area contributed by atoms with E-state index in [1.807, 2.05) is 6.20 Å². The van der Waals surface area contributed by atoms with Crippen molar-refractivity contribution in [1.82, 2.24) is 9.88 Å². The van der Waals surface area contributed by atoms with Crippen LogP contribution in [0.5, 0.6) is 0 Å². The Kier molecular flexibility index (Phi) is 4.56. The fraction of sp³-hybridized carbons (Fsp3) is 0.583. The van der Waals surface area contributed by atoms with Crippen molar-refractivity contribution in [3.63, 3.8) is 0 Å². The first-order valence-corrected chi connectivity index (χ1v) is 5.44. The van der Waals surface area contributed by atoms with Gasteiger partial charge in [-0.05, 0) is 38.2 Å². The van der Waals surface area contributed by atoms with Crippen molar-refractivity contribution < 1.29 is 0 Å². The summed E-state index contributed by atoms with van der Waals surface area (Å²) in [6, 6.07) is 4.24. The molecular weight excluding hydrogens is 186 g/mol. The topological polar surface area (TPSA) is 19.4 Å². The summed E-state index contributed by atoms with van der Waals surface area (Å²) in [5.74, 6) is 1.07. The highest BCUT2D eigenvalue weighted by atomic mass is 15.2. The predicted octanol–water partition coefficient (Wildman–Crippen LogP) is 1.64. The zero-order chi connectivity index (χ0) is 11.3. The first-order chi connectivity index (χ1) is 7.13. The van der Waals surface area contributed by atoms with Crippen molar-refractivity contribution >= 4 is 5.82 Å². The Bertz CT molecular complexity index is 297. The number of hydrogen-bond acceptors (Lipinski definition) is 3. The molecule has 0 bridgehead atoms. The Morgan fingerprint density at radius 3 is 2.53 bits per heavy atom. The number of likely N-dealkylation sites (N-methyl/N-ethyl adjacent to an activating group) is 2. The lowest BCUT2D eigenvalue weighted by molar-refractivity contribution is 0.416. The first-order valence-electron chi connectivity index (χ1n) is 5.44. The van der Waals surface area contributed by atoms with Gasteiger partial charge in [-0.3, -0.25) is 0 Å². The van der Waals surface area contributed by atoms with Gasteiger partial charge in [0.1, 0.15) is 5.82 Å². The minimum Gasteiger partial charge on any atom is -0.358 e. The van der Waals surface area contributed by atoms with Crippen LogP contribution in [0, 0.1) is 0 Å². The highest BCUT2D eigenvalue weighted by Crippen LogP contribution is 2.11. The molecule has 1 heterocycles. The normalized spacial score (nSPS) is 10.7. The van der Waals surface area contributed by atoms with E-state index in [9.17, 15) is 0 Å². The summed E-state index contributed by atoms with van der Waals surface area (Å²) < 4.78 is 0. The second-order valence-corrected chi connectivity index (χ2v) is 4.10. The van der Waals surface area contributed by atoms with Gasteiger partial charge in [-0.15, -0.1) is 0 Å². The van der Waals surface area contributed by atoms with Gasteiger partial charge in [0, 0.05) is 26.3 Å². The third kappa shape index (κ3) is 3.88. The van der Waals surface area contributed by atoms with E-state index in [-0.39, 0.29) is 0 Å². The fourth-order valence-corrected chi connectivity index (χ4v) is 1.35. The maximum atomic E-state index is 4.37. The third-order valence-corrected chi connectivity index (χ3v) is 2.49. The fourth-order valence-electron chi connectivity index (χ4n) is 1.35. The summed E-state index contributed by atoms with van der Waals surface area (Å²) in [6.45, 7) is 4.22. The molecule has 1 aromatic heterocycles. The van der Waals surface area contributed by atoms with Crippen LogP contribution in [-0.4, -0.2) is 44.1 Å². The molecule has 3 heteroatoms. The summed E-state index contributed by atoms with van der Waals surface area (Å²) in [6.07, 6.45) is 2.96. The number of nitrogens with zero attached hydrogens (tertiary/aromatic N) is 3. The van der Waals surface area contributed by atoms with Crippen LogP contribution in [0.15, 0.2) is 18.3 Å². The smallest absolute Gasteiger partial charge is 0.128 e. The largest absolute Gasteiger partial charge is 0.358 e. The molecule has 0 radical (unpaired) electrons. The minimum absolute atomic E-state index is 1.01. The summed E-state index contributed by atoms with van der Waals surface area (Å²) >= 11 is 0. The van der Waals surface area contributed by atoms with E-state index in [0.29, 0.717) is 0 Å². The highest BCUT2D eigenvalue weighted by Gasteiger charge is 2.02. The lowest BCUT2D eigenvalue weighted by Gasteiger charge is -2.20. The summed E-state index contributed by atoms with van der Waals surface area (Å²) in [5.41, 5.74) is 1.34. The molecule has 15 heavy (non-hydrogen) atoms. The van der Waals surface area contributed by atoms with Gasteiger partial charge < -0.3 is 9.80 Å². The lowest BCUT2D eigenvalue weighted by Crippen LogP contribution is -2.29. The van der Waals surface area contributed by atoms with Crippen LogP contribution in [0.4, 0.5) is 5.82 Å². The molecule has 0 aliphatic rings. The number of pyridine rings is 1. The minimum atomic E-state index is 1.01. The summed E-state index contributed by atoms with van der Waals surface area (Å²) in [4.78, 5) is 8.75. The van der Waals surface area contributed by atoms with Crippen LogP contribution in [0.25, 0.3) is 0 Å². The Morgan fingerprint density at radius 1 is 1.20 bits per heavy atom. The maximum Gasteiger partial charge on any atom is 0.128 e. The molecule has 1 aromatic rings. The van der Waals surface area contributed by atoms with E-state index >= 15 is 0 Å². The molecular formula is C12H21N3. The Hall–Kier alpha value is -1.09. The third-order valence-electron chi connectivity index (χ3n) is 2.49. The molecule has 1 rings (SSSR count). The average molecular weight is 207 g/mol. The van der Waals surface area contributed by atoms with Gasteiger partial charge in [0.05, 0.1) is 0 Å². The standard InChI is InChI=1S/C12H21N3/c1-5-11-6-7-13-12(10-11)15(4)9-8-14(2)3/h6-7,10H,5,8-9H2,1-4H3. The van der Waals surface area contributed by atoms with Gasteiger partial charge in [0.25, 0.3) is 0 Å². The molecule has 84 valence electrons. The number of anilines is 1. The lowest BCUT2D eigenvalue weighted by atomic mass is 10.2. The quantitative estimate of drug-likeness (QED) is 0.731. The van der Waals surface area contributed by atoms with E-state index in [0.717, 1.165) is 25.3 Å². The molecule has 3 nitrogen and oxygen atoms in total. The van der Waals surface area contributed by atoms with Gasteiger partial charge >= 0.3 is 0 Å². The maximum absolute atomic E-state index is 4.37. The van der Waals surface area contributed by atoms with E-state index in [2.05, 4.69) is 55.0 Å². The van der Waals surface area contributed by atoms with Crippen LogP contribution in [-0.2, 0) is 6.42 Å². The molecule has 0 unspecified atom stereocenters. The molecule has 0 aliphatic carbocycles. The summed E-state index contributed by atoms with van der Waals surface area (Å²) in [7, 11) is 6.26. The van der Waals surface area contributed by atoms with Crippen molar-refractivity contribution in [3.05, 3.63) is 23.9 Å². The monoisotopic (exact) mass is 207 g/mol. The predicted molar refractivity (Wildman–Crippen MR) is 65.4 cm³/mol. The number of rotatable bonds is 5. The van der Waals surface area contributed by atoms with Crippen molar-refractivity contribution in [2.45, 2.75) is 13.3 Å². The van der Waals surface area contributed by atoms with Crippen molar-refractivity contribution in [2.24, 2.45) is 0 Å². The van der Waals surface area contributed by atoms with Gasteiger partial charge in [-0.1, -0.05) is 6.92 Å². The Balaban J connectivity index is 2.60.